The molecule has 0 spiro atoms. The van der Waals surface area contributed by atoms with Crippen molar-refractivity contribution in [1.29, 1.82) is 0 Å². The normalized spacial score (nSPS) is 14.3. The summed E-state index contributed by atoms with van der Waals surface area (Å²) < 4.78 is 28.0. The molecule has 7 nitrogen and oxygen atoms in total. The third-order valence-corrected chi connectivity index (χ3v) is 7.57. The summed E-state index contributed by atoms with van der Waals surface area (Å²) in [6.45, 7) is 9.38. The Labute approximate surface area is 209 Å². The van der Waals surface area contributed by atoms with Crippen LogP contribution in [0, 0.1) is 0 Å². The maximum absolute atomic E-state index is 12.2. The molecule has 0 aromatic rings. The van der Waals surface area contributed by atoms with E-state index in [1.54, 1.807) is 0 Å². The van der Waals surface area contributed by atoms with E-state index in [-0.39, 0.29) is 19.4 Å². The van der Waals surface area contributed by atoms with Crippen molar-refractivity contribution in [2.24, 2.45) is 0 Å². The zero-order chi connectivity index (χ0) is 25.3. The van der Waals surface area contributed by atoms with Gasteiger partial charge in [-0.2, -0.15) is 0 Å². The van der Waals surface area contributed by atoms with Gasteiger partial charge >= 0.3 is 7.60 Å². The number of unbranched alkanes of at least 4 members (excludes halogenated alkanes) is 13. The SMILES string of the molecule is CCCCCCCCCCCCCCCCOCC(COP(=O)(O)CCN(CC)CC)OC=O. The summed E-state index contributed by atoms with van der Waals surface area (Å²) >= 11 is 0. The molecule has 0 aliphatic rings. The van der Waals surface area contributed by atoms with Crippen LogP contribution in [0.2, 0.25) is 0 Å². The molecule has 0 aromatic heterocycles. The van der Waals surface area contributed by atoms with Crippen molar-refractivity contribution in [3.05, 3.63) is 0 Å². The van der Waals surface area contributed by atoms with Crippen LogP contribution in [0.4, 0.5) is 0 Å². The smallest absolute Gasteiger partial charge is 0.329 e. The molecular weight excluding hydrogens is 453 g/mol. The second-order valence-electron chi connectivity index (χ2n) is 9.21. The fraction of sp³-hybridized carbons (Fsp3) is 0.962. The second-order valence-corrected chi connectivity index (χ2v) is 11.2. The molecule has 0 fully saturated rings. The standard InChI is InChI=1S/C26H54NO6P/c1-4-7-8-9-10-11-12-13-14-15-16-17-18-19-21-31-23-26(32-25-28)24-33-34(29,30)22-20-27(5-2)6-3/h25-26H,4-24H2,1-3H3,(H,29,30). The molecule has 0 heterocycles. The molecule has 2 atom stereocenters. The van der Waals surface area contributed by atoms with Crippen LogP contribution in [-0.2, 0) is 23.4 Å². The van der Waals surface area contributed by atoms with Gasteiger partial charge in [0.1, 0.15) is 6.10 Å². The summed E-state index contributed by atoms with van der Waals surface area (Å²) in [7, 11) is -3.72. The lowest BCUT2D eigenvalue weighted by Gasteiger charge is -2.21. The monoisotopic (exact) mass is 507 g/mol. The number of hydrogen-bond acceptors (Lipinski definition) is 6. The average molecular weight is 508 g/mol. The minimum absolute atomic E-state index is 0.0579. The fourth-order valence-corrected chi connectivity index (χ4v) is 4.95. The number of hydrogen-bond donors (Lipinski definition) is 1. The Hall–Kier alpha value is -0.460. The van der Waals surface area contributed by atoms with E-state index in [1.807, 2.05) is 13.8 Å². The molecular formula is C26H54NO6P. The van der Waals surface area contributed by atoms with Crippen molar-refractivity contribution < 1.29 is 28.3 Å². The molecule has 1 N–H and O–H groups in total. The summed E-state index contributed by atoms with van der Waals surface area (Å²) in [5.41, 5.74) is 0. The summed E-state index contributed by atoms with van der Waals surface area (Å²) in [4.78, 5) is 22.8. The summed E-state index contributed by atoms with van der Waals surface area (Å²) in [5.74, 6) is 0. The molecule has 8 heteroatoms. The van der Waals surface area contributed by atoms with Crippen molar-refractivity contribution in [3.63, 3.8) is 0 Å². The number of rotatable bonds is 27. The van der Waals surface area contributed by atoms with Crippen LogP contribution in [0.3, 0.4) is 0 Å². The lowest BCUT2D eigenvalue weighted by atomic mass is 10.0. The highest BCUT2D eigenvalue weighted by Gasteiger charge is 2.23. The van der Waals surface area contributed by atoms with Crippen molar-refractivity contribution in [2.45, 2.75) is 117 Å². The summed E-state index contributed by atoms with van der Waals surface area (Å²) in [5, 5.41) is 0. The molecule has 0 radical (unpaired) electrons. The molecule has 204 valence electrons. The van der Waals surface area contributed by atoms with Gasteiger partial charge in [-0.05, 0) is 19.5 Å². The molecule has 0 bridgehead atoms. The minimum Gasteiger partial charge on any atom is -0.460 e. The van der Waals surface area contributed by atoms with Crippen LogP contribution in [0.25, 0.3) is 0 Å². The van der Waals surface area contributed by atoms with Crippen molar-refractivity contribution >= 4 is 14.1 Å². The number of ether oxygens (including phenoxy) is 2. The van der Waals surface area contributed by atoms with Gasteiger partial charge in [0.25, 0.3) is 6.47 Å². The van der Waals surface area contributed by atoms with Crippen molar-refractivity contribution in [2.75, 3.05) is 45.6 Å². The molecule has 0 rings (SSSR count). The van der Waals surface area contributed by atoms with E-state index in [0.717, 1.165) is 25.9 Å². The van der Waals surface area contributed by atoms with Gasteiger partial charge in [0, 0.05) is 13.2 Å². The molecule has 0 saturated heterocycles. The van der Waals surface area contributed by atoms with Crippen molar-refractivity contribution in [1.82, 2.24) is 4.90 Å². The highest BCUT2D eigenvalue weighted by atomic mass is 31.2. The van der Waals surface area contributed by atoms with Crippen LogP contribution in [0.1, 0.15) is 111 Å². The van der Waals surface area contributed by atoms with E-state index in [9.17, 15) is 14.3 Å². The Bertz CT molecular complexity index is 490. The number of carbonyl (C=O) groups excluding carboxylic acids is 1. The molecule has 34 heavy (non-hydrogen) atoms. The molecule has 2 unspecified atom stereocenters. The van der Waals surface area contributed by atoms with E-state index in [4.69, 9.17) is 14.0 Å². The third-order valence-electron chi connectivity index (χ3n) is 6.25. The molecule has 0 amide bonds. The summed E-state index contributed by atoms with van der Waals surface area (Å²) in [6, 6.07) is 0. The molecule has 0 aromatic carbocycles. The van der Waals surface area contributed by atoms with Crippen LogP contribution in [0.5, 0.6) is 0 Å². The van der Waals surface area contributed by atoms with Gasteiger partial charge in [-0.25, -0.2) is 0 Å². The zero-order valence-electron chi connectivity index (χ0n) is 22.4. The Morgan fingerprint density at radius 1 is 0.794 bits per heavy atom. The number of nitrogens with zero attached hydrogens (tertiary/aromatic N) is 1. The van der Waals surface area contributed by atoms with E-state index in [0.29, 0.717) is 19.6 Å². The third kappa shape index (κ3) is 22.0. The van der Waals surface area contributed by atoms with Crippen LogP contribution < -0.4 is 0 Å². The van der Waals surface area contributed by atoms with E-state index in [2.05, 4.69) is 11.8 Å². The highest BCUT2D eigenvalue weighted by Crippen LogP contribution is 2.41. The van der Waals surface area contributed by atoms with Gasteiger partial charge in [0.05, 0.1) is 19.4 Å². The van der Waals surface area contributed by atoms with Gasteiger partial charge in [-0.15, -0.1) is 0 Å². The van der Waals surface area contributed by atoms with Gasteiger partial charge in [0.2, 0.25) is 0 Å². The first-order valence-corrected chi connectivity index (χ1v) is 15.6. The van der Waals surface area contributed by atoms with Crippen LogP contribution in [0.15, 0.2) is 0 Å². The topological polar surface area (TPSA) is 85.3 Å². The van der Waals surface area contributed by atoms with Gasteiger partial charge < -0.3 is 23.8 Å². The molecule has 0 saturated carbocycles. The quantitative estimate of drug-likeness (QED) is 0.0764. The Morgan fingerprint density at radius 2 is 1.29 bits per heavy atom. The fourth-order valence-electron chi connectivity index (χ4n) is 3.89. The predicted octanol–water partition coefficient (Wildman–Crippen LogP) is 6.57. The Morgan fingerprint density at radius 3 is 1.76 bits per heavy atom. The van der Waals surface area contributed by atoms with E-state index in [1.165, 1.54) is 77.0 Å². The highest BCUT2D eigenvalue weighted by molar-refractivity contribution is 7.52. The first-order chi connectivity index (χ1) is 16.5. The number of carbonyl (C=O) groups is 1. The summed E-state index contributed by atoms with van der Waals surface area (Å²) in [6.07, 6.45) is 17.7. The van der Waals surface area contributed by atoms with E-state index >= 15 is 0 Å². The minimum atomic E-state index is -3.72. The second kappa shape index (κ2) is 24.2. The van der Waals surface area contributed by atoms with Gasteiger partial charge in [-0.3, -0.25) is 9.36 Å². The molecule has 0 aliphatic heterocycles. The van der Waals surface area contributed by atoms with Crippen molar-refractivity contribution in [3.8, 4) is 0 Å². The van der Waals surface area contributed by atoms with Gasteiger partial charge in [-0.1, -0.05) is 104 Å². The van der Waals surface area contributed by atoms with Crippen LogP contribution >= 0.6 is 7.60 Å². The lowest BCUT2D eigenvalue weighted by Crippen LogP contribution is -2.28. The zero-order valence-corrected chi connectivity index (χ0v) is 23.3. The average Bonchev–Trinajstić information content (AvgIpc) is 2.82. The lowest BCUT2D eigenvalue weighted by molar-refractivity contribution is -0.138. The Balaban J connectivity index is 3.67. The predicted molar refractivity (Wildman–Crippen MR) is 141 cm³/mol. The maximum atomic E-state index is 12.2. The molecule has 0 aliphatic carbocycles. The largest absolute Gasteiger partial charge is 0.460 e. The first kappa shape index (κ1) is 33.5. The maximum Gasteiger partial charge on any atom is 0.329 e. The van der Waals surface area contributed by atoms with Crippen LogP contribution in [-0.4, -0.2) is 68.0 Å². The Kier molecular flexibility index (Phi) is 23.9. The van der Waals surface area contributed by atoms with E-state index < -0.39 is 13.7 Å². The van der Waals surface area contributed by atoms with Gasteiger partial charge in [0.15, 0.2) is 0 Å². The first-order valence-electron chi connectivity index (χ1n) is 13.8.